The number of hydrogen-bond donors (Lipinski definition) is 0. The van der Waals surface area contributed by atoms with E-state index in [1.807, 2.05) is 30.5 Å². The van der Waals surface area contributed by atoms with Crippen molar-refractivity contribution in [2.75, 3.05) is 6.26 Å². The molecular formula is C17H15ClN2OS. The van der Waals surface area contributed by atoms with Gasteiger partial charge in [-0.05, 0) is 30.7 Å². The Hall–Kier alpha value is -1.57. The minimum Gasteiger partial charge on any atom is -0.299 e. The number of hydrogen-bond acceptors (Lipinski definition) is 4. The molecule has 3 rings (SSSR count). The van der Waals surface area contributed by atoms with Gasteiger partial charge in [-0.25, -0.2) is 4.99 Å². The van der Waals surface area contributed by atoms with Crippen LogP contribution in [-0.2, 0) is 4.79 Å². The van der Waals surface area contributed by atoms with Gasteiger partial charge in [-0.2, -0.15) is 5.26 Å². The van der Waals surface area contributed by atoms with Gasteiger partial charge in [0.05, 0.1) is 17.6 Å². The maximum absolute atomic E-state index is 12.5. The minimum atomic E-state index is -0.334. The van der Waals surface area contributed by atoms with Crippen molar-refractivity contribution in [2.24, 2.45) is 10.9 Å². The lowest BCUT2D eigenvalue weighted by molar-refractivity contribution is -0.121. The largest absolute Gasteiger partial charge is 0.299 e. The van der Waals surface area contributed by atoms with Crippen LogP contribution in [0.2, 0.25) is 5.02 Å². The standard InChI is InChI=1S/C17H15ClN2OS/c1-22-17-11(9-19)15(10-5-2-3-6-12(10)18)16-13(20-17)7-4-8-14(16)21/h2-3,5-6,15-16H,4,7-8H2,1H3/t15-,16-/m0/s1. The number of thioether (sulfide) groups is 1. The normalized spacial score (nSPS) is 24.6. The molecule has 3 nitrogen and oxygen atoms in total. The number of nitriles is 1. The van der Waals surface area contributed by atoms with Gasteiger partial charge in [0.1, 0.15) is 10.8 Å². The van der Waals surface area contributed by atoms with E-state index in [1.54, 1.807) is 0 Å². The summed E-state index contributed by atoms with van der Waals surface area (Å²) in [5.74, 6) is -0.469. The molecule has 1 aromatic carbocycles. The molecule has 0 amide bonds. The lowest BCUT2D eigenvalue weighted by Crippen LogP contribution is -2.37. The highest BCUT2D eigenvalue weighted by molar-refractivity contribution is 8.02. The van der Waals surface area contributed by atoms with Gasteiger partial charge in [-0.1, -0.05) is 29.8 Å². The first-order valence-corrected chi connectivity index (χ1v) is 8.80. The molecule has 0 N–H and O–H groups in total. The molecule has 0 radical (unpaired) electrons. The molecule has 1 saturated carbocycles. The molecule has 1 aromatic rings. The number of carbonyl (C=O) groups excluding carboxylic acids is 1. The van der Waals surface area contributed by atoms with E-state index in [-0.39, 0.29) is 17.6 Å². The van der Waals surface area contributed by atoms with Gasteiger partial charge in [0, 0.05) is 23.1 Å². The first-order chi connectivity index (χ1) is 10.7. The summed E-state index contributed by atoms with van der Waals surface area (Å²) in [5, 5.41) is 11.0. The number of carbonyl (C=O) groups is 1. The Bertz CT molecular complexity index is 732. The number of ketones is 1. The highest BCUT2D eigenvalue weighted by Crippen LogP contribution is 2.45. The van der Waals surface area contributed by atoms with Gasteiger partial charge in [0.25, 0.3) is 0 Å². The number of benzene rings is 1. The molecule has 0 aromatic heterocycles. The predicted octanol–water partition coefficient (Wildman–Crippen LogP) is 4.35. The van der Waals surface area contributed by atoms with E-state index < -0.39 is 0 Å². The lowest BCUT2D eigenvalue weighted by atomic mass is 9.70. The first kappa shape index (κ1) is 15.3. The molecule has 1 aliphatic carbocycles. The monoisotopic (exact) mass is 330 g/mol. The van der Waals surface area contributed by atoms with Crippen molar-refractivity contribution in [2.45, 2.75) is 25.2 Å². The second-order valence-electron chi connectivity index (χ2n) is 5.43. The van der Waals surface area contributed by atoms with Gasteiger partial charge in [-0.15, -0.1) is 11.8 Å². The van der Waals surface area contributed by atoms with Crippen LogP contribution in [0.15, 0.2) is 39.9 Å². The average molecular weight is 331 g/mol. The van der Waals surface area contributed by atoms with Crippen LogP contribution >= 0.6 is 23.4 Å². The molecule has 0 bridgehead atoms. The molecule has 0 unspecified atom stereocenters. The summed E-state index contributed by atoms with van der Waals surface area (Å²) in [6.07, 6.45) is 4.12. The number of allylic oxidation sites excluding steroid dienone is 1. The molecule has 1 fully saturated rings. The molecule has 22 heavy (non-hydrogen) atoms. The zero-order valence-electron chi connectivity index (χ0n) is 12.2. The van der Waals surface area contributed by atoms with E-state index in [4.69, 9.17) is 11.6 Å². The Labute approximate surface area is 139 Å². The van der Waals surface area contributed by atoms with E-state index >= 15 is 0 Å². The second-order valence-corrected chi connectivity index (χ2v) is 6.64. The fraction of sp³-hybridized carbons (Fsp3) is 0.353. The fourth-order valence-electron chi connectivity index (χ4n) is 3.27. The van der Waals surface area contributed by atoms with Crippen molar-refractivity contribution in [3.05, 3.63) is 45.5 Å². The summed E-state index contributed by atoms with van der Waals surface area (Å²) in [4.78, 5) is 17.1. The summed E-state index contributed by atoms with van der Waals surface area (Å²) in [6, 6.07) is 9.75. The number of fused-ring (bicyclic) bond motifs is 1. The highest BCUT2D eigenvalue weighted by Gasteiger charge is 2.42. The highest BCUT2D eigenvalue weighted by atomic mass is 35.5. The third kappa shape index (κ3) is 2.49. The predicted molar refractivity (Wildman–Crippen MR) is 90.1 cm³/mol. The topological polar surface area (TPSA) is 53.2 Å². The zero-order chi connectivity index (χ0) is 15.7. The van der Waals surface area contributed by atoms with E-state index in [0.29, 0.717) is 22.0 Å². The van der Waals surface area contributed by atoms with E-state index in [1.165, 1.54) is 11.8 Å². The molecule has 1 aliphatic heterocycles. The van der Waals surface area contributed by atoms with Crippen LogP contribution in [0.4, 0.5) is 0 Å². The Balaban J connectivity index is 2.21. The van der Waals surface area contributed by atoms with Gasteiger partial charge < -0.3 is 0 Å². The van der Waals surface area contributed by atoms with Crippen molar-refractivity contribution >= 4 is 34.9 Å². The third-order valence-electron chi connectivity index (χ3n) is 4.24. The minimum absolute atomic E-state index is 0.169. The second kappa shape index (κ2) is 6.28. The van der Waals surface area contributed by atoms with Crippen molar-refractivity contribution in [3.63, 3.8) is 0 Å². The SMILES string of the molecule is CSC1=C(C#N)[C@H](c2ccccc2Cl)[C@@H]2C(=O)CCCC2=N1. The molecule has 5 heteroatoms. The number of rotatable bonds is 2. The summed E-state index contributed by atoms with van der Waals surface area (Å²) >= 11 is 7.81. The summed E-state index contributed by atoms with van der Waals surface area (Å²) in [6.45, 7) is 0. The van der Waals surface area contributed by atoms with Crippen molar-refractivity contribution in [1.82, 2.24) is 0 Å². The van der Waals surface area contributed by atoms with Crippen LogP contribution < -0.4 is 0 Å². The van der Waals surface area contributed by atoms with E-state index in [0.717, 1.165) is 24.1 Å². The lowest BCUT2D eigenvalue weighted by Gasteiger charge is -2.34. The van der Waals surface area contributed by atoms with Crippen LogP contribution in [-0.4, -0.2) is 17.8 Å². The number of Topliss-reactive ketones (excluding diaryl/α,β-unsaturated/α-hetero) is 1. The number of nitrogens with zero attached hydrogens (tertiary/aromatic N) is 2. The first-order valence-electron chi connectivity index (χ1n) is 7.20. The van der Waals surface area contributed by atoms with Crippen molar-refractivity contribution in [3.8, 4) is 6.07 Å². The molecular weight excluding hydrogens is 316 g/mol. The molecule has 1 heterocycles. The third-order valence-corrected chi connectivity index (χ3v) is 5.28. The fourth-order valence-corrected chi connectivity index (χ4v) is 4.12. The molecule has 2 atom stereocenters. The maximum atomic E-state index is 12.5. The van der Waals surface area contributed by atoms with Gasteiger partial charge in [0.15, 0.2) is 0 Å². The average Bonchev–Trinajstić information content (AvgIpc) is 2.54. The summed E-state index contributed by atoms with van der Waals surface area (Å²) in [5.41, 5.74) is 2.31. The van der Waals surface area contributed by atoms with Crippen LogP contribution in [0.25, 0.3) is 0 Å². The van der Waals surface area contributed by atoms with Crippen LogP contribution in [0.5, 0.6) is 0 Å². The van der Waals surface area contributed by atoms with Crippen LogP contribution in [0.1, 0.15) is 30.7 Å². The molecule has 2 aliphatic rings. The summed E-state index contributed by atoms with van der Waals surface area (Å²) < 4.78 is 0. The van der Waals surface area contributed by atoms with Gasteiger partial charge >= 0.3 is 0 Å². The Morgan fingerprint density at radius 1 is 1.32 bits per heavy atom. The smallest absolute Gasteiger partial charge is 0.142 e. The molecule has 0 spiro atoms. The maximum Gasteiger partial charge on any atom is 0.142 e. The zero-order valence-corrected chi connectivity index (χ0v) is 13.7. The van der Waals surface area contributed by atoms with E-state index in [2.05, 4.69) is 11.1 Å². The Morgan fingerprint density at radius 3 is 2.77 bits per heavy atom. The number of aliphatic imine (C=N–C) groups is 1. The molecule has 112 valence electrons. The van der Waals surface area contributed by atoms with Crippen LogP contribution in [0.3, 0.4) is 0 Å². The Morgan fingerprint density at radius 2 is 2.09 bits per heavy atom. The van der Waals surface area contributed by atoms with E-state index in [9.17, 15) is 10.1 Å². The van der Waals surface area contributed by atoms with Crippen molar-refractivity contribution < 1.29 is 4.79 Å². The van der Waals surface area contributed by atoms with Crippen LogP contribution in [0, 0.1) is 17.2 Å². The number of halogens is 1. The molecule has 0 saturated heterocycles. The van der Waals surface area contributed by atoms with Gasteiger partial charge in [0.2, 0.25) is 0 Å². The van der Waals surface area contributed by atoms with Crippen molar-refractivity contribution in [1.29, 1.82) is 5.26 Å². The van der Waals surface area contributed by atoms with Gasteiger partial charge in [-0.3, -0.25) is 4.79 Å². The Kier molecular flexibility index (Phi) is 4.37. The quantitative estimate of drug-likeness (QED) is 0.810. The summed E-state index contributed by atoms with van der Waals surface area (Å²) in [7, 11) is 0.